The first-order valence-corrected chi connectivity index (χ1v) is 4.45. The predicted octanol–water partition coefficient (Wildman–Crippen LogP) is -0.106. The van der Waals surface area contributed by atoms with Crippen LogP contribution in [0.15, 0.2) is 16.9 Å². The summed E-state index contributed by atoms with van der Waals surface area (Å²) in [6, 6.07) is 1.34. The highest BCUT2D eigenvalue weighted by Gasteiger charge is 2.35. The van der Waals surface area contributed by atoms with Crippen LogP contribution in [0, 0.1) is 0 Å². The van der Waals surface area contributed by atoms with Crippen molar-refractivity contribution >= 4 is 11.9 Å². The van der Waals surface area contributed by atoms with Crippen LogP contribution in [0.1, 0.15) is 17.4 Å². The number of ether oxygens (including phenoxy) is 1. The van der Waals surface area contributed by atoms with Crippen molar-refractivity contribution in [2.45, 2.75) is 12.5 Å². The fourth-order valence-corrected chi connectivity index (χ4v) is 1.08. The Morgan fingerprint density at radius 3 is 2.81 bits per heavy atom. The van der Waals surface area contributed by atoms with Gasteiger partial charge in [-0.05, 0) is 6.92 Å². The van der Waals surface area contributed by atoms with E-state index in [0.717, 1.165) is 0 Å². The van der Waals surface area contributed by atoms with Gasteiger partial charge in [-0.15, -0.1) is 0 Å². The standard InChI is InChI=1S/C9H12N2O5/c1-9(5-15-2,8(13)14)10-7(12)6-3-4-16-11-6/h3-4H,5H2,1-2H3,(H,10,12)(H,13,14). The quantitative estimate of drug-likeness (QED) is 0.729. The van der Waals surface area contributed by atoms with E-state index in [4.69, 9.17) is 9.84 Å². The number of carboxylic acid groups (broad SMARTS) is 1. The number of carboxylic acids is 1. The number of hydrogen-bond donors (Lipinski definition) is 2. The first-order chi connectivity index (χ1) is 7.49. The van der Waals surface area contributed by atoms with Gasteiger partial charge >= 0.3 is 5.97 Å². The zero-order valence-corrected chi connectivity index (χ0v) is 8.89. The number of rotatable bonds is 5. The second kappa shape index (κ2) is 4.75. The van der Waals surface area contributed by atoms with E-state index < -0.39 is 17.4 Å². The lowest BCUT2D eigenvalue weighted by molar-refractivity contribution is -0.145. The number of aliphatic carboxylic acids is 1. The van der Waals surface area contributed by atoms with Gasteiger partial charge in [-0.1, -0.05) is 5.16 Å². The van der Waals surface area contributed by atoms with E-state index in [-0.39, 0.29) is 12.3 Å². The highest BCUT2D eigenvalue weighted by molar-refractivity contribution is 5.96. The number of nitrogens with zero attached hydrogens (tertiary/aromatic N) is 1. The Hall–Kier alpha value is -1.89. The molecular weight excluding hydrogens is 216 g/mol. The van der Waals surface area contributed by atoms with E-state index in [2.05, 4.69) is 15.0 Å². The third-order valence-corrected chi connectivity index (χ3v) is 1.96. The van der Waals surface area contributed by atoms with Crippen LogP contribution >= 0.6 is 0 Å². The molecule has 1 aromatic heterocycles. The molecule has 0 aliphatic rings. The van der Waals surface area contributed by atoms with Crippen LogP contribution in [0.3, 0.4) is 0 Å². The summed E-state index contributed by atoms with van der Waals surface area (Å²) < 4.78 is 9.23. The smallest absolute Gasteiger partial charge is 0.331 e. The maximum absolute atomic E-state index is 11.5. The van der Waals surface area contributed by atoms with Crippen molar-refractivity contribution in [1.82, 2.24) is 10.5 Å². The molecule has 0 saturated carbocycles. The van der Waals surface area contributed by atoms with Crippen LogP contribution in [0.2, 0.25) is 0 Å². The zero-order chi connectivity index (χ0) is 12.2. The molecular formula is C9H12N2O5. The Labute approximate surface area is 91.4 Å². The van der Waals surface area contributed by atoms with Gasteiger partial charge in [-0.3, -0.25) is 4.79 Å². The second-order valence-electron chi connectivity index (χ2n) is 3.41. The third-order valence-electron chi connectivity index (χ3n) is 1.96. The van der Waals surface area contributed by atoms with Crippen molar-refractivity contribution in [3.05, 3.63) is 18.0 Å². The summed E-state index contributed by atoms with van der Waals surface area (Å²) in [5.74, 6) is -1.82. The molecule has 0 saturated heterocycles. The van der Waals surface area contributed by atoms with Crippen LogP contribution < -0.4 is 5.32 Å². The van der Waals surface area contributed by atoms with Gasteiger partial charge in [0.2, 0.25) is 0 Å². The molecule has 0 aromatic carbocycles. The summed E-state index contributed by atoms with van der Waals surface area (Å²) in [5, 5.41) is 14.7. The summed E-state index contributed by atoms with van der Waals surface area (Å²) in [6.07, 6.45) is 1.23. The average molecular weight is 228 g/mol. The van der Waals surface area contributed by atoms with E-state index >= 15 is 0 Å². The van der Waals surface area contributed by atoms with Crippen molar-refractivity contribution in [3.8, 4) is 0 Å². The van der Waals surface area contributed by atoms with Crippen molar-refractivity contribution in [2.75, 3.05) is 13.7 Å². The molecule has 2 N–H and O–H groups in total. The van der Waals surface area contributed by atoms with Gasteiger partial charge in [0.1, 0.15) is 6.26 Å². The number of carbonyl (C=O) groups is 2. The minimum atomic E-state index is -1.50. The normalized spacial score (nSPS) is 14.1. The first-order valence-electron chi connectivity index (χ1n) is 4.45. The molecule has 1 atom stereocenters. The fourth-order valence-electron chi connectivity index (χ4n) is 1.08. The van der Waals surface area contributed by atoms with Gasteiger partial charge in [0.15, 0.2) is 11.2 Å². The van der Waals surface area contributed by atoms with Crippen molar-refractivity contribution in [1.29, 1.82) is 0 Å². The van der Waals surface area contributed by atoms with E-state index in [1.807, 2.05) is 0 Å². The van der Waals surface area contributed by atoms with Crippen LogP contribution in [0.25, 0.3) is 0 Å². The lowest BCUT2D eigenvalue weighted by atomic mass is 10.0. The van der Waals surface area contributed by atoms with Crippen LogP contribution in [0.4, 0.5) is 0 Å². The molecule has 7 heteroatoms. The molecule has 0 spiro atoms. The fraction of sp³-hybridized carbons (Fsp3) is 0.444. The maximum Gasteiger partial charge on any atom is 0.331 e. The Kier molecular flexibility index (Phi) is 3.62. The van der Waals surface area contributed by atoms with Crippen LogP contribution in [0.5, 0.6) is 0 Å². The summed E-state index contributed by atoms with van der Waals surface area (Å²) in [5.41, 5.74) is -1.48. The number of nitrogens with one attached hydrogen (secondary N) is 1. The van der Waals surface area contributed by atoms with Gasteiger partial charge < -0.3 is 19.7 Å². The molecule has 1 aromatic rings. The monoisotopic (exact) mass is 228 g/mol. The molecule has 1 amide bonds. The molecule has 7 nitrogen and oxygen atoms in total. The minimum absolute atomic E-state index is 0.0172. The second-order valence-corrected chi connectivity index (χ2v) is 3.41. The number of carbonyl (C=O) groups excluding carboxylic acids is 1. The molecule has 16 heavy (non-hydrogen) atoms. The lowest BCUT2D eigenvalue weighted by Gasteiger charge is -2.24. The third kappa shape index (κ3) is 2.57. The first kappa shape index (κ1) is 12.2. The van der Waals surface area contributed by atoms with Crippen LogP contribution in [-0.2, 0) is 9.53 Å². The summed E-state index contributed by atoms with van der Waals surface area (Å²) >= 11 is 0. The number of methoxy groups -OCH3 is 1. The van der Waals surface area contributed by atoms with Crippen LogP contribution in [-0.4, -0.2) is 41.4 Å². The van der Waals surface area contributed by atoms with E-state index in [0.29, 0.717) is 0 Å². The predicted molar refractivity (Wildman–Crippen MR) is 51.9 cm³/mol. The SMILES string of the molecule is COCC(C)(NC(=O)c1ccon1)C(=O)O. The summed E-state index contributed by atoms with van der Waals surface area (Å²) in [6.45, 7) is 1.20. The molecule has 88 valence electrons. The number of amides is 1. The highest BCUT2D eigenvalue weighted by Crippen LogP contribution is 2.06. The Morgan fingerprint density at radius 1 is 1.69 bits per heavy atom. The summed E-state index contributed by atoms with van der Waals surface area (Å²) in [7, 11) is 1.35. The maximum atomic E-state index is 11.5. The van der Waals surface area contributed by atoms with Crippen molar-refractivity contribution in [2.24, 2.45) is 0 Å². The molecule has 0 aliphatic heterocycles. The molecule has 0 radical (unpaired) electrons. The largest absolute Gasteiger partial charge is 0.479 e. The number of hydrogen-bond acceptors (Lipinski definition) is 5. The van der Waals surface area contributed by atoms with Gasteiger partial charge in [-0.25, -0.2) is 4.79 Å². The molecule has 1 heterocycles. The minimum Gasteiger partial charge on any atom is -0.479 e. The highest BCUT2D eigenvalue weighted by atomic mass is 16.5. The van der Waals surface area contributed by atoms with E-state index in [9.17, 15) is 9.59 Å². The Balaban J connectivity index is 2.77. The lowest BCUT2D eigenvalue weighted by Crippen LogP contribution is -2.55. The molecule has 0 aliphatic carbocycles. The van der Waals surface area contributed by atoms with Gasteiger partial charge in [0, 0.05) is 13.2 Å². The number of aromatic nitrogens is 1. The molecule has 0 bridgehead atoms. The van der Waals surface area contributed by atoms with Crippen molar-refractivity contribution in [3.63, 3.8) is 0 Å². The summed E-state index contributed by atoms with van der Waals surface area (Å²) in [4.78, 5) is 22.5. The zero-order valence-electron chi connectivity index (χ0n) is 8.89. The van der Waals surface area contributed by atoms with Gasteiger partial charge in [0.05, 0.1) is 6.61 Å². The average Bonchev–Trinajstić information content (AvgIpc) is 2.70. The molecule has 1 unspecified atom stereocenters. The Bertz CT molecular complexity index is 375. The Morgan fingerprint density at radius 2 is 2.38 bits per heavy atom. The van der Waals surface area contributed by atoms with E-state index in [1.165, 1.54) is 26.4 Å². The van der Waals surface area contributed by atoms with Gasteiger partial charge in [-0.2, -0.15) is 0 Å². The molecule has 0 fully saturated rings. The topological polar surface area (TPSA) is 102 Å². The molecule has 1 rings (SSSR count). The van der Waals surface area contributed by atoms with Gasteiger partial charge in [0.25, 0.3) is 5.91 Å². The van der Waals surface area contributed by atoms with E-state index in [1.54, 1.807) is 0 Å². The van der Waals surface area contributed by atoms with Crippen molar-refractivity contribution < 1.29 is 24.0 Å².